The molecule has 1 atom stereocenters. The molecule has 0 fully saturated rings. The Balaban J connectivity index is 1.53. The Morgan fingerprint density at radius 1 is 1.28 bits per heavy atom. The van der Waals surface area contributed by atoms with Gasteiger partial charge in [0.15, 0.2) is 0 Å². The molecule has 0 aliphatic rings. The largest absolute Gasteiger partial charge is 0.379 e. The number of fused-ring (bicyclic) bond motifs is 1. The van der Waals surface area contributed by atoms with E-state index in [0.29, 0.717) is 43.4 Å². The molecule has 1 aromatic carbocycles. The van der Waals surface area contributed by atoms with E-state index in [0.717, 1.165) is 26.5 Å². The zero-order valence-electron chi connectivity index (χ0n) is 18.8. The molecule has 0 bridgehead atoms. The van der Waals surface area contributed by atoms with Gasteiger partial charge in [-0.25, -0.2) is 4.98 Å². The molecule has 2 N–H and O–H groups in total. The Morgan fingerprint density at radius 2 is 2.06 bits per heavy atom. The van der Waals surface area contributed by atoms with Gasteiger partial charge in [0.25, 0.3) is 5.56 Å². The molecule has 0 aliphatic carbocycles. The second-order valence-electron chi connectivity index (χ2n) is 7.37. The zero-order valence-corrected chi connectivity index (χ0v) is 20.5. The maximum absolute atomic E-state index is 12.6. The number of aromatic amines is 1. The smallest absolute Gasteiger partial charge is 0.259 e. The second kappa shape index (κ2) is 11.6. The average molecular weight is 476 g/mol. The Bertz CT molecular complexity index is 1130. The third-order valence-corrected chi connectivity index (χ3v) is 7.22. The van der Waals surface area contributed by atoms with Gasteiger partial charge in [0.2, 0.25) is 5.91 Å². The third kappa shape index (κ3) is 6.41. The van der Waals surface area contributed by atoms with Gasteiger partial charge in [0, 0.05) is 17.2 Å². The van der Waals surface area contributed by atoms with Crippen LogP contribution < -0.4 is 10.9 Å². The lowest BCUT2D eigenvalue weighted by Gasteiger charge is -2.13. The summed E-state index contributed by atoms with van der Waals surface area (Å²) in [5, 5.41) is 3.30. The van der Waals surface area contributed by atoms with E-state index in [1.807, 2.05) is 52.0 Å². The molecule has 1 unspecified atom stereocenters. The molecule has 7 nitrogen and oxygen atoms in total. The van der Waals surface area contributed by atoms with Crippen LogP contribution in [0, 0.1) is 13.8 Å². The summed E-state index contributed by atoms with van der Waals surface area (Å²) in [4.78, 5) is 34.3. The van der Waals surface area contributed by atoms with Crippen LogP contribution >= 0.6 is 23.1 Å². The van der Waals surface area contributed by atoms with Gasteiger partial charge in [-0.1, -0.05) is 12.1 Å². The van der Waals surface area contributed by atoms with E-state index in [9.17, 15) is 9.59 Å². The van der Waals surface area contributed by atoms with Crippen molar-refractivity contribution in [2.45, 2.75) is 45.3 Å². The summed E-state index contributed by atoms with van der Waals surface area (Å²) >= 11 is 2.96. The maximum atomic E-state index is 12.6. The number of benzene rings is 1. The van der Waals surface area contributed by atoms with E-state index < -0.39 is 0 Å². The Morgan fingerprint density at radius 3 is 2.84 bits per heavy atom. The van der Waals surface area contributed by atoms with Crippen LogP contribution in [0.15, 0.2) is 29.1 Å². The molecule has 1 amide bonds. The van der Waals surface area contributed by atoms with Crippen molar-refractivity contribution < 1.29 is 14.3 Å². The van der Waals surface area contributed by atoms with Crippen molar-refractivity contribution in [2.75, 3.05) is 25.1 Å². The lowest BCUT2D eigenvalue weighted by atomic mass is 10.2. The second-order valence-corrected chi connectivity index (χ2v) is 9.90. The summed E-state index contributed by atoms with van der Waals surface area (Å²) in [6.07, 6.45) is 0. The van der Waals surface area contributed by atoms with Crippen molar-refractivity contribution in [1.29, 1.82) is 0 Å². The van der Waals surface area contributed by atoms with E-state index in [4.69, 9.17) is 9.47 Å². The molecular formula is C23H29N3O4S2. The number of amides is 1. The Hall–Kier alpha value is -2.20. The molecule has 172 valence electrons. The van der Waals surface area contributed by atoms with Gasteiger partial charge in [0.05, 0.1) is 36.2 Å². The number of anilines is 1. The molecule has 0 radical (unpaired) electrons. The average Bonchev–Trinajstić information content (AvgIpc) is 3.06. The number of H-pyrrole nitrogens is 1. The summed E-state index contributed by atoms with van der Waals surface area (Å²) in [5.41, 5.74) is 2.57. The minimum atomic E-state index is -0.311. The number of hydrogen-bond acceptors (Lipinski definition) is 7. The van der Waals surface area contributed by atoms with Crippen molar-refractivity contribution in [3.05, 3.63) is 56.4 Å². The predicted octanol–water partition coefficient (Wildman–Crippen LogP) is 4.41. The summed E-state index contributed by atoms with van der Waals surface area (Å²) < 4.78 is 10.8. The number of thioether (sulfide) groups is 1. The van der Waals surface area contributed by atoms with Crippen molar-refractivity contribution in [2.24, 2.45) is 0 Å². The minimum absolute atomic E-state index is 0.101. The summed E-state index contributed by atoms with van der Waals surface area (Å²) in [6, 6.07) is 7.61. The fourth-order valence-corrected chi connectivity index (χ4v) is 4.89. The number of hydrogen-bond donors (Lipinski definition) is 2. The molecule has 0 spiro atoms. The molecular weight excluding hydrogens is 446 g/mol. The normalized spacial score (nSPS) is 12.2. The van der Waals surface area contributed by atoms with E-state index in [1.54, 1.807) is 0 Å². The van der Waals surface area contributed by atoms with Crippen LogP contribution in [0.4, 0.5) is 5.69 Å². The molecule has 2 aromatic heterocycles. The van der Waals surface area contributed by atoms with Crippen LogP contribution in [0.3, 0.4) is 0 Å². The van der Waals surface area contributed by atoms with Crippen LogP contribution in [-0.4, -0.2) is 40.9 Å². The maximum Gasteiger partial charge on any atom is 0.259 e. The van der Waals surface area contributed by atoms with Crippen LogP contribution in [0.2, 0.25) is 0 Å². The molecule has 0 saturated heterocycles. The fourth-order valence-electron chi connectivity index (χ4n) is 3.08. The number of nitrogens with one attached hydrogen (secondary N) is 2. The van der Waals surface area contributed by atoms with Gasteiger partial charge in [-0.15, -0.1) is 23.1 Å². The van der Waals surface area contributed by atoms with Crippen LogP contribution in [0.1, 0.15) is 35.7 Å². The topological polar surface area (TPSA) is 93.3 Å². The highest BCUT2D eigenvalue weighted by Gasteiger charge is 2.16. The van der Waals surface area contributed by atoms with Gasteiger partial charge in [-0.2, -0.15) is 0 Å². The molecule has 3 rings (SSSR count). The van der Waals surface area contributed by atoms with E-state index >= 15 is 0 Å². The fraction of sp³-hybridized carbons (Fsp3) is 0.435. The van der Waals surface area contributed by atoms with E-state index in [-0.39, 0.29) is 16.7 Å². The van der Waals surface area contributed by atoms with Crippen LogP contribution in [-0.2, 0) is 26.6 Å². The third-order valence-electron chi connectivity index (χ3n) is 4.97. The Labute approximate surface area is 195 Å². The van der Waals surface area contributed by atoms with Crippen molar-refractivity contribution in [1.82, 2.24) is 9.97 Å². The van der Waals surface area contributed by atoms with E-state index in [1.165, 1.54) is 23.1 Å². The highest BCUT2D eigenvalue weighted by Crippen LogP contribution is 2.26. The van der Waals surface area contributed by atoms with Gasteiger partial charge < -0.3 is 19.8 Å². The number of aryl methyl sites for hydroxylation is 2. The van der Waals surface area contributed by atoms with Crippen molar-refractivity contribution in [3.63, 3.8) is 0 Å². The molecule has 0 aliphatic heterocycles. The number of thiophene rings is 1. The van der Waals surface area contributed by atoms with Gasteiger partial charge in [-0.3, -0.25) is 9.59 Å². The molecule has 9 heteroatoms. The van der Waals surface area contributed by atoms with Crippen molar-refractivity contribution in [3.8, 4) is 0 Å². The first-order valence-corrected chi connectivity index (χ1v) is 12.4. The summed E-state index contributed by atoms with van der Waals surface area (Å²) in [6.45, 7) is 9.96. The van der Waals surface area contributed by atoms with Gasteiger partial charge >= 0.3 is 0 Å². The first kappa shape index (κ1) is 24.4. The highest BCUT2D eigenvalue weighted by atomic mass is 32.2. The number of ether oxygens (including phenoxy) is 2. The lowest BCUT2D eigenvalue weighted by Crippen LogP contribution is -2.23. The first-order valence-electron chi connectivity index (χ1n) is 10.5. The number of carbonyl (C=O) groups is 1. The van der Waals surface area contributed by atoms with Crippen LogP contribution in [0.5, 0.6) is 0 Å². The molecule has 2 heterocycles. The number of rotatable bonds is 11. The van der Waals surface area contributed by atoms with Crippen LogP contribution in [0.25, 0.3) is 10.2 Å². The number of nitrogens with zero attached hydrogens (tertiary/aromatic N) is 1. The van der Waals surface area contributed by atoms with Crippen molar-refractivity contribution >= 4 is 44.9 Å². The monoisotopic (exact) mass is 475 g/mol. The summed E-state index contributed by atoms with van der Waals surface area (Å²) in [5.74, 6) is 0.930. The number of carbonyl (C=O) groups excluding carboxylic acids is 1. The number of aromatic nitrogens is 2. The van der Waals surface area contributed by atoms with E-state index in [2.05, 4.69) is 15.3 Å². The van der Waals surface area contributed by atoms with Gasteiger partial charge in [0.1, 0.15) is 10.7 Å². The lowest BCUT2D eigenvalue weighted by molar-refractivity contribution is -0.115. The minimum Gasteiger partial charge on any atom is -0.379 e. The Kier molecular flexibility index (Phi) is 8.86. The molecule has 0 saturated carbocycles. The summed E-state index contributed by atoms with van der Waals surface area (Å²) in [7, 11) is 0. The highest BCUT2D eigenvalue weighted by molar-refractivity contribution is 7.99. The first-order chi connectivity index (χ1) is 15.4. The molecule has 3 aromatic rings. The molecule has 32 heavy (non-hydrogen) atoms. The SMILES string of the molecule is CCOCCOCc1cccc(NC(=O)C(C)SCc2nc3sc(C)c(C)c3c(=O)[nH]2)c1. The standard InChI is InChI=1S/C23H29N3O4S2/c1-5-29-9-10-30-12-17-7-6-8-18(11-17)24-21(27)16(4)31-13-19-25-22(28)20-14(2)15(3)32-23(20)26-19/h6-8,11,16H,5,9-10,12-13H2,1-4H3,(H,24,27)(H,25,26,28). The quantitative estimate of drug-likeness (QED) is 0.399. The van der Waals surface area contributed by atoms with Gasteiger partial charge in [-0.05, 0) is 51.0 Å². The zero-order chi connectivity index (χ0) is 23.1. The predicted molar refractivity (Wildman–Crippen MR) is 132 cm³/mol.